The summed E-state index contributed by atoms with van der Waals surface area (Å²) in [6, 6.07) is 8.50. The molecular weight excluding hydrogens is 283 g/mol. The lowest BCUT2D eigenvalue weighted by atomic mass is 9.82. The fourth-order valence-corrected chi connectivity index (χ4v) is 3.94. The molecule has 0 aromatic heterocycles. The van der Waals surface area contributed by atoms with Gasteiger partial charge in [-0.1, -0.05) is 62.4 Å². The Morgan fingerprint density at radius 3 is 2.52 bits per heavy atom. The quantitative estimate of drug-likeness (QED) is 0.768. The van der Waals surface area contributed by atoms with Gasteiger partial charge in [-0.15, -0.1) is 0 Å². The van der Waals surface area contributed by atoms with Gasteiger partial charge in [0.2, 0.25) is 0 Å². The molecule has 1 aliphatic heterocycles. The molecular formula is C19H27BN2O. The van der Waals surface area contributed by atoms with Gasteiger partial charge in [0.15, 0.2) is 0 Å². The summed E-state index contributed by atoms with van der Waals surface area (Å²) in [6.45, 7) is 4.95. The van der Waals surface area contributed by atoms with Crippen LogP contribution in [-0.2, 0) is 11.3 Å². The highest BCUT2D eigenvalue weighted by Gasteiger charge is 2.50. The second-order valence-electron chi connectivity index (χ2n) is 7.28. The molecule has 1 fully saturated rings. The molecule has 1 atom stereocenters. The fourth-order valence-electron chi connectivity index (χ4n) is 3.94. The van der Waals surface area contributed by atoms with Crippen molar-refractivity contribution in [1.82, 2.24) is 4.90 Å². The number of benzene rings is 1. The molecule has 0 bridgehead atoms. The molecule has 3 nitrogen and oxygen atoms in total. The molecule has 122 valence electrons. The molecule has 1 spiro atoms. The zero-order valence-electron chi connectivity index (χ0n) is 14.6. The fraction of sp³-hybridized carbons (Fsp3) is 0.579. The highest BCUT2D eigenvalue weighted by Crippen LogP contribution is 2.41. The van der Waals surface area contributed by atoms with Crippen LogP contribution in [0.3, 0.4) is 0 Å². The number of aliphatic imine (C=N–C) groups is 1. The first kappa shape index (κ1) is 16.3. The van der Waals surface area contributed by atoms with Crippen LogP contribution in [0.5, 0.6) is 0 Å². The van der Waals surface area contributed by atoms with E-state index in [1.165, 1.54) is 11.1 Å². The first-order chi connectivity index (χ1) is 11.1. The Kier molecular flexibility index (Phi) is 4.61. The van der Waals surface area contributed by atoms with E-state index in [9.17, 15) is 4.79 Å². The van der Waals surface area contributed by atoms with Crippen LogP contribution < -0.4 is 0 Å². The van der Waals surface area contributed by atoms with Gasteiger partial charge in [0.25, 0.3) is 5.91 Å². The van der Waals surface area contributed by atoms with Gasteiger partial charge in [-0.3, -0.25) is 14.7 Å². The number of carbonyl (C=O) groups excluding carboxylic acids is 1. The smallest absolute Gasteiger partial charge is 0.256 e. The van der Waals surface area contributed by atoms with E-state index < -0.39 is 5.54 Å². The third-order valence-electron chi connectivity index (χ3n) is 5.30. The van der Waals surface area contributed by atoms with E-state index in [1.54, 1.807) is 0 Å². The van der Waals surface area contributed by atoms with E-state index in [4.69, 9.17) is 4.99 Å². The van der Waals surface area contributed by atoms with Crippen LogP contribution in [0, 0.1) is 6.92 Å². The van der Waals surface area contributed by atoms with Crippen molar-refractivity contribution in [3.8, 4) is 0 Å². The number of hydrogen-bond acceptors (Lipinski definition) is 2. The van der Waals surface area contributed by atoms with Crippen molar-refractivity contribution in [2.24, 2.45) is 4.99 Å². The lowest BCUT2D eigenvalue weighted by Gasteiger charge is -2.24. The summed E-state index contributed by atoms with van der Waals surface area (Å²) in [5.41, 5.74) is 2.01. The average molecular weight is 310 g/mol. The molecule has 2 aliphatic rings. The largest absolute Gasteiger partial charge is 0.294 e. The maximum absolute atomic E-state index is 13.1. The zero-order valence-corrected chi connectivity index (χ0v) is 14.6. The Bertz CT molecular complexity index is 602. The van der Waals surface area contributed by atoms with Gasteiger partial charge in [0.05, 0.1) is 6.54 Å². The molecule has 23 heavy (non-hydrogen) atoms. The summed E-state index contributed by atoms with van der Waals surface area (Å²) in [6.07, 6.45) is 6.33. The van der Waals surface area contributed by atoms with Crippen LogP contribution in [0.15, 0.2) is 29.3 Å². The van der Waals surface area contributed by atoms with Crippen LogP contribution in [0.4, 0.5) is 0 Å². The first-order valence-corrected chi connectivity index (χ1v) is 9.03. The molecule has 0 N–H and O–H groups in total. The Morgan fingerprint density at radius 1 is 1.26 bits per heavy atom. The minimum absolute atomic E-state index is 0.244. The van der Waals surface area contributed by atoms with Crippen molar-refractivity contribution >= 4 is 19.6 Å². The normalized spacial score (nSPS) is 21.0. The lowest BCUT2D eigenvalue weighted by Crippen LogP contribution is -2.41. The minimum atomic E-state index is -0.429. The molecule has 1 unspecified atom stereocenters. The van der Waals surface area contributed by atoms with E-state index in [0.717, 1.165) is 44.4 Å². The number of carbonyl (C=O) groups is 1. The van der Waals surface area contributed by atoms with Crippen molar-refractivity contribution < 1.29 is 4.79 Å². The van der Waals surface area contributed by atoms with Crippen LogP contribution in [0.2, 0.25) is 5.82 Å². The summed E-state index contributed by atoms with van der Waals surface area (Å²) < 4.78 is 0. The van der Waals surface area contributed by atoms with Gasteiger partial charge in [0.1, 0.15) is 19.2 Å². The van der Waals surface area contributed by atoms with Gasteiger partial charge >= 0.3 is 0 Å². The number of hydrogen-bond donors (Lipinski definition) is 0. The number of aryl methyl sites for hydroxylation is 1. The molecule has 1 aliphatic carbocycles. The van der Waals surface area contributed by atoms with Crippen LogP contribution in [-0.4, -0.2) is 30.0 Å². The molecule has 0 saturated heterocycles. The number of amidine groups is 1. The van der Waals surface area contributed by atoms with Crippen molar-refractivity contribution in [2.75, 3.05) is 0 Å². The second-order valence-corrected chi connectivity index (χ2v) is 7.28. The number of nitrogens with zero attached hydrogens (tertiary/aromatic N) is 2. The molecule has 1 aromatic carbocycles. The lowest BCUT2D eigenvalue weighted by molar-refractivity contribution is -0.131. The maximum atomic E-state index is 13.1. The van der Waals surface area contributed by atoms with Crippen molar-refractivity contribution in [2.45, 2.75) is 70.3 Å². The second kappa shape index (κ2) is 6.50. The van der Waals surface area contributed by atoms with Crippen LogP contribution >= 0.6 is 0 Å². The van der Waals surface area contributed by atoms with Gasteiger partial charge in [0, 0.05) is 0 Å². The zero-order chi connectivity index (χ0) is 16.4. The molecule has 3 rings (SSSR count). The summed E-state index contributed by atoms with van der Waals surface area (Å²) in [5.74, 6) is 1.63. The highest BCUT2D eigenvalue weighted by atomic mass is 16.2. The van der Waals surface area contributed by atoms with Crippen LogP contribution in [0.25, 0.3) is 0 Å². The molecule has 1 heterocycles. The molecule has 4 heteroatoms. The molecule has 0 radical (unpaired) electrons. The summed E-state index contributed by atoms with van der Waals surface area (Å²) in [7, 11) is 2.21. The van der Waals surface area contributed by atoms with Gasteiger partial charge in [-0.2, -0.15) is 0 Å². The predicted octanol–water partition coefficient (Wildman–Crippen LogP) is 3.27. The first-order valence-electron chi connectivity index (χ1n) is 9.03. The standard InChI is InChI=1S/C19H27BN2O/c1-3-6-16(20)17-21-19(11-4-5-12-19)18(23)22(17)13-15-9-7-14(2)8-10-15/h7-10,16H,3-6,11-13,20H2,1-2H3. The Morgan fingerprint density at radius 2 is 1.91 bits per heavy atom. The van der Waals surface area contributed by atoms with Crippen molar-refractivity contribution in [3.63, 3.8) is 0 Å². The van der Waals surface area contributed by atoms with E-state index in [-0.39, 0.29) is 5.91 Å². The number of amides is 1. The monoisotopic (exact) mass is 310 g/mol. The Balaban J connectivity index is 1.88. The molecule has 1 aromatic rings. The van der Waals surface area contributed by atoms with E-state index >= 15 is 0 Å². The number of rotatable bonds is 5. The summed E-state index contributed by atoms with van der Waals surface area (Å²) in [4.78, 5) is 20.1. The third kappa shape index (κ3) is 3.08. The van der Waals surface area contributed by atoms with E-state index in [1.807, 2.05) is 4.90 Å². The van der Waals surface area contributed by atoms with Crippen molar-refractivity contribution in [1.29, 1.82) is 0 Å². The SMILES string of the molecule is BC(CCC)C1=NC2(CCCC2)C(=O)N1Cc1ccc(C)cc1. The summed E-state index contributed by atoms with van der Waals surface area (Å²) in [5, 5.41) is 0. The maximum Gasteiger partial charge on any atom is 0.256 e. The predicted molar refractivity (Wildman–Crippen MR) is 97.6 cm³/mol. The highest BCUT2D eigenvalue weighted by molar-refractivity contribution is 6.28. The van der Waals surface area contributed by atoms with Gasteiger partial charge in [-0.05, 0) is 31.1 Å². The Hall–Kier alpha value is -1.58. The van der Waals surface area contributed by atoms with Gasteiger partial charge < -0.3 is 0 Å². The van der Waals surface area contributed by atoms with Crippen LogP contribution in [0.1, 0.15) is 56.6 Å². The third-order valence-corrected chi connectivity index (χ3v) is 5.30. The topological polar surface area (TPSA) is 32.7 Å². The van der Waals surface area contributed by atoms with E-state index in [0.29, 0.717) is 12.4 Å². The van der Waals surface area contributed by atoms with Gasteiger partial charge in [-0.25, -0.2) is 0 Å². The van der Waals surface area contributed by atoms with E-state index in [2.05, 4.69) is 46.0 Å². The average Bonchev–Trinajstić information content (AvgIpc) is 3.11. The van der Waals surface area contributed by atoms with Crippen molar-refractivity contribution in [3.05, 3.63) is 35.4 Å². The summed E-state index contributed by atoms with van der Waals surface area (Å²) >= 11 is 0. The minimum Gasteiger partial charge on any atom is -0.294 e. The molecule has 1 saturated carbocycles. The molecule has 1 amide bonds. The Labute approximate surface area is 140 Å².